The molecule has 3 amide bonds. The van der Waals surface area contributed by atoms with Gasteiger partial charge in [-0.05, 0) is 38.0 Å². The highest BCUT2D eigenvalue weighted by atomic mass is 16.6. The van der Waals surface area contributed by atoms with Crippen LogP contribution in [0.5, 0.6) is 0 Å². The van der Waals surface area contributed by atoms with Crippen molar-refractivity contribution in [2.75, 3.05) is 44.7 Å². The van der Waals surface area contributed by atoms with Crippen LogP contribution in [0.4, 0.5) is 10.5 Å². The molecule has 8 heteroatoms. The Kier molecular flexibility index (Phi) is 6.28. The lowest BCUT2D eigenvalue weighted by atomic mass is 10.1. The van der Waals surface area contributed by atoms with Gasteiger partial charge in [0.2, 0.25) is 0 Å². The van der Waals surface area contributed by atoms with Gasteiger partial charge in [-0.25, -0.2) is 4.79 Å². The smallest absolute Gasteiger partial charge is 0.409 e. The van der Waals surface area contributed by atoms with Gasteiger partial charge in [-0.1, -0.05) is 6.07 Å². The fourth-order valence-electron chi connectivity index (χ4n) is 3.23. The molecule has 8 nitrogen and oxygen atoms in total. The first-order valence-electron chi connectivity index (χ1n) is 9.32. The highest BCUT2D eigenvalue weighted by Crippen LogP contribution is 2.18. The van der Waals surface area contributed by atoms with Gasteiger partial charge < -0.3 is 24.6 Å². The monoisotopic (exact) mass is 375 g/mol. The van der Waals surface area contributed by atoms with E-state index in [1.165, 1.54) is 0 Å². The molecular formula is C19H25N3O5. The van der Waals surface area contributed by atoms with Gasteiger partial charge in [-0.15, -0.1) is 0 Å². The second kappa shape index (κ2) is 8.85. The molecule has 2 aliphatic heterocycles. The molecule has 1 atom stereocenters. The van der Waals surface area contributed by atoms with Crippen molar-refractivity contribution >= 4 is 23.6 Å². The molecule has 0 saturated carbocycles. The largest absolute Gasteiger partial charge is 0.450 e. The molecule has 1 aromatic carbocycles. The molecule has 27 heavy (non-hydrogen) atoms. The van der Waals surface area contributed by atoms with Crippen LogP contribution < -0.4 is 5.32 Å². The van der Waals surface area contributed by atoms with Crippen LogP contribution in [0, 0.1) is 0 Å². The van der Waals surface area contributed by atoms with Crippen molar-refractivity contribution in [2.24, 2.45) is 0 Å². The summed E-state index contributed by atoms with van der Waals surface area (Å²) in [6, 6.07) is 6.89. The van der Waals surface area contributed by atoms with Gasteiger partial charge in [0.15, 0.2) is 0 Å². The molecule has 0 radical (unpaired) electrons. The lowest BCUT2D eigenvalue weighted by Crippen LogP contribution is -2.50. The summed E-state index contributed by atoms with van der Waals surface area (Å²) in [5.41, 5.74) is 1.08. The molecule has 1 N–H and O–H groups in total. The molecule has 2 saturated heterocycles. The van der Waals surface area contributed by atoms with E-state index < -0.39 is 6.10 Å². The summed E-state index contributed by atoms with van der Waals surface area (Å²) < 4.78 is 10.4. The Balaban J connectivity index is 1.57. The quantitative estimate of drug-likeness (QED) is 0.866. The standard InChI is InChI=1S/C19H25N3O5/c1-2-26-19(25)22-10-8-21(9-11-22)18(24)14-5-3-6-15(13-14)20-17(23)16-7-4-12-27-16/h3,5-6,13,16H,2,4,7-12H2,1H3,(H,20,23)/t16-/m1/s1. The average Bonchev–Trinajstić information content (AvgIpc) is 3.23. The molecule has 3 rings (SSSR count). The Hall–Kier alpha value is -2.61. The Morgan fingerprint density at radius 1 is 1.19 bits per heavy atom. The number of hydrogen-bond donors (Lipinski definition) is 1. The van der Waals surface area contributed by atoms with Gasteiger partial charge in [0, 0.05) is 44.0 Å². The van der Waals surface area contributed by atoms with E-state index in [9.17, 15) is 14.4 Å². The minimum Gasteiger partial charge on any atom is -0.450 e. The van der Waals surface area contributed by atoms with Gasteiger partial charge in [0.05, 0.1) is 6.61 Å². The second-order valence-electron chi connectivity index (χ2n) is 6.55. The summed E-state index contributed by atoms with van der Waals surface area (Å²) in [6.07, 6.45) is 0.840. The Morgan fingerprint density at radius 3 is 2.59 bits per heavy atom. The Morgan fingerprint density at radius 2 is 1.93 bits per heavy atom. The molecule has 0 bridgehead atoms. The first-order valence-corrected chi connectivity index (χ1v) is 9.32. The van der Waals surface area contributed by atoms with E-state index in [4.69, 9.17) is 9.47 Å². The van der Waals surface area contributed by atoms with Crippen molar-refractivity contribution in [3.05, 3.63) is 29.8 Å². The lowest BCUT2D eigenvalue weighted by molar-refractivity contribution is -0.124. The van der Waals surface area contributed by atoms with Crippen LogP contribution in [0.2, 0.25) is 0 Å². The third-order valence-electron chi connectivity index (χ3n) is 4.69. The number of carbonyl (C=O) groups excluding carboxylic acids is 3. The van der Waals surface area contributed by atoms with E-state index in [0.29, 0.717) is 50.6 Å². The molecule has 146 valence electrons. The molecular weight excluding hydrogens is 350 g/mol. The minimum atomic E-state index is -0.416. The zero-order chi connectivity index (χ0) is 19.2. The number of nitrogens with zero attached hydrogens (tertiary/aromatic N) is 2. The number of carbonyl (C=O) groups is 3. The SMILES string of the molecule is CCOC(=O)N1CCN(C(=O)c2cccc(NC(=O)[C@H]3CCCO3)c2)CC1. The molecule has 2 aliphatic rings. The number of nitrogens with one attached hydrogen (secondary N) is 1. The second-order valence-corrected chi connectivity index (χ2v) is 6.55. The van der Waals surface area contributed by atoms with Gasteiger partial charge in [0.25, 0.3) is 11.8 Å². The van der Waals surface area contributed by atoms with Crippen molar-refractivity contribution in [1.29, 1.82) is 0 Å². The maximum atomic E-state index is 12.8. The molecule has 0 aliphatic carbocycles. The van der Waals surface area contributed by atoms with Crippen LogP contribution in [-0.2, 0) is 14.3 Å². The van der Waals surface area contributed by atoms with E-state index in [1.54, 1.807) is 41.0 Å². The molecule has 0 unspecified atom stereocenters. The van der Waals surface area contributed by atoms with E-state index in [2.05, 4.69) is 5.32 Å². The van der Waals surface area contributed by atoms with Crippen molar-refractivity contribution in [3.8, 4) is 0 Å². The number of hydrogen-bond acceptors (Lipinski definition) is 5. The van der Waals surface area contributed by atoms with Crippen LogP contribution in [0.3, 0.4) is 0 Å². The summed E-state index contributed by atoms with van der Waals surface area (Å²) >= 11 is 0. The topological polar surface area (TPSA) is 88.2 Å². The highest BCUT2D eigenvalue weighted by molar-refractivity contribution is 5.98. The summed E-state index contributed by atoms with van der Waals surface area (Å²) in [7, 11) is 0. The number of benzene rings is 1. The minimum absolute atomic E-state index is 0.119. The fourth-order valence-corrected chi connectivity index (χ4v) is 3.23. The zero-order valence-electron chi connectivity index (χ0n) is 15.5. The number of piperazine rings is 1. The van der Waals surface area contributed by atoms with Gasteiger partial charge in [-0.3, -0.25) is 9.59 Å². The highest BCUT2D eigenvalue weighted by Gasteiger charge is 2.26. The summed E-state index contributed by atoms with van der Waals surface area (Å²) in [5.74, 6) is -0.299. The van der Waals surface area contributed by atoms with Gasteiger partial charge in [0.1, 0.15) is 6.10 Å². The van der Waals surface area contributed by atoms with E-state index in [1.807, 2.05) is 0 Å². The number of amides is 3. The molecule has 1 aromatic rings. The van der Waals surface area contributed by atoms with Crippen molar-refractivity contribution < 1.29 is 23.9 Å². The van der Waals surface area contributed by atoms with Crippen LogP contribution in [-0.4, -0.2) is 73.2 Å². The number of rotatable bonds is 4. The van der Waals surface area contributed by atoms with Crippen molar-refractivity contribution in [2.45, 2.75) is 25.9 Å². The first-order chi connectivity index (χ1) is 13.1. The fraction of sp³-hybridized carbons (Fsp3) is 0.526. The predicted octanol–water partition coefficient (Wildman–Crippen LogP) is 1.72. The van der Waals surface area contributed by atoms with Crippen LogP contribution in [0.25, 0.3) is 0 Å². The lowest BCUT2D eigenvalue weighted by Gasteiger charge is -2.34. The van der Waals surface area contributed by atoms with Crippen LogP contribution in [0.15, 0.2) is 24.3 Å². The van der Waals surface area contributed by atoms with Gasteiger partial charge in [-0.2, -0.15) is 0 Å². The Labute approximate surface area is 158 Å². The molecule has 0 aromatic heterocycles. The maximum absolute atomic E-state index is 12.8. The molecule has 0 spiro atoms. The van der Waals surface area contributed by atoms with Crippen molar-refractivity contribution in [3.63, 3.8) is 0 Å². The van der Waals surface area contributed by atoms with Crippen LogP contribution in [0.1, 0.15) is 30.1 Å². The van der Waals surface area contributed by atoms with Gasteiger partial charge >= 0.3 is 6.09 Å². The summed E-state index contributed by atoms with van der Waals surface area (Å²) in [4.78, 5) is 40.0. The zero-order valence-corrected chi connectivity index (χ0v) is 15.5. The third-order valence-corrected chi connectivity index (χ3v) is 4.69. The first kappa shape index (κ1) is 19.2. The maximum Gasteiger partial charge on any atom is 0.409 e. The summed E-state index contributed by atoms with van der Waals surface area (Å²) in [5, 5.41) is 2.81. The molecule has 2 fully saturated rings. The number of ether oxygens (including phenoxy) is 2. The normalized spacial score (nSPS) is 19.7. The Bertz CT molecular complexity index is 694. The average molecular weight is 375 g/mol. The van der Waals surface area contributed by atoms with E-state index in [0.717, 1.165) is 12.8 Å². The molecule has 2 heterocycles. The number of anilines is 1. The predicted molar refractivity (Wildman–Crippen MR) is 98.5 cm³/mol. The summed E-state index contributed by atoms with van der Waals surface area (Å²) in [6.45, 7) is 4.49. The van der Waals surface area contributed by atoms with E-state index >= 15 is 0 Å². The third kappa shape index (κ3) is 4.77. The van der Waals surface area contributed by atoms with Crippen LogP contribution >= 0.6 is 0 Å². The van der Waals surface area contributed by atoms with E-state index in [-0.39, 0.29) is 17.9 Å². The van der Waals surface area contributed by atoms with Crippen molar-refractivity contribution in [1.82, 2.24) is 9.80 Å².